The Hall–Kier alpha value is -2.34. The topological polar surface area (TPSA) is 64.5 Å². The molecular formula is C19H22ClN3O3. The van der Waals surface area contributed by atoms with Crippen molar-refractivity contribution in [2.24, 2.45) is 0 Å². The lowest BCUT2D eigenvalue weighted by Gasteiger charge is -2.31. The number of aryl methyl sites for hydroxylation is 2. The average molecular weight is 376 g/mol. The molecule has 26 heavy (non-hydrogen) atoms. The van der Waals surface area contributed by atoms with Gasteiger partial charge in [-0.05, 0) is 38.1 Å². The normalized spacial score (nSPS) is 15.0. The Morgan fingerprint density at radius 3 is 2.54 bits per heavy atom. The molecule has 0 spiro atoms. The summed E-state index contributed by atoms with van der Waals surface area (Å²) in [7, 11) is 0. The van der Waals surface area contributed by atoms with Crippen LogP contribution in [0.1, 0.15) is 24.4 Å². The number of likely N-dealkylation sites (tertiary alicyclic amines) is 1. The van der Waals surface area contributed by atoms with Crippen molar-refractivity contribution in [1.29, 1.82) is 0 Å². The van der Waals surface area contributed by atoms with E-state index in [9.17, 15) is 4.79 Å². The molecule has 1 amide bonds. The lowest BCUT2D eigenvalue weighted by Crippen LogP contribution is -2.43. The summed E-state index contributed by atoms with van der Waals surface area (Å²) in [6.07, 6.45) is 1.61. The van der Waals surface area contributed by atoms with Crippen LogP contribution in [0.4, 0.5) is 0 Å². The Kier molecular flexibility index (Phi) is 5.93. The molecule has 1 aromatic heterocycles. The van der Waals surface area contributed by atoms with Crippen LogP contribution in [0.2, 0.25) is 5.02 Å². The van der Waals surface area contributed by atoms with Crippen molar-refractivity contribution in [3.63, 3.8) is 0 Å². The second kappa shape index (κ2) is 8.36. The largest absolute Gasteiger partial charge is 0.484 e. The number of halogens is 1. The van der Waals surface area contributed by atoms with Gasteiger partial charge in [-0.3, -0.25) is 4.79 Å². The third-order valence-electron chi connectivity index (χ3n) is 4.20. The minimum Gasteiger partial charge on any atom is -0.484 e. The van der Waals surface area contributed by atoms with E-state index in [1.54, 1.807) is 24.3 Å². The van der Waals surface area contributed by atoms with E-state index in [4.69, 9.17) is 21.1 Å². The molecule has 0 N–H and O–H groups in total. The molecular weight excluding hydrogens is 354 g/mol. The highest BCUT2D eigenvalue weighted by Gasteiger charge is 2.24. The summed E-state index contributed by atoms with van der Waals surface area (Å²) in [6.45, 7) is 5.09. The second-order valence-corrected chi connectivity index (χ2v) is 6.77. The van der Waals surface area contributed by atoms with Crippen LogP contribution in [-0.2, 0) is 4.79 Å². The molecule has 0 unspecified atom stereocenters. The number of hydrogen-bond acceptors (Lipinski definition) is 5. The number of aromatic nitrogens is 2. The number of hydrogen-bond donors (Lipinski definition) is 0. The molecule has 1 aromatic carbocycles. The maximum atomic E-state index is 12.3. The van der Waals surface area contributed by atoms with Crippen molar-refractivity contribution in [1.82, 2.24) is 14.9 Å². The van der Waals surface area contributed by atoms with E-state index in [1.807, 2.05) is 24.8 Å². The van der Waals surface area contributed by atoms with Crippen molar-refractivity contribution in [3.05, 3.63) is 46.9 Å². The zero-order chi connectivity index (χ0) is 18.5. The monoisotopic (exact) mass is 375 g/mol. The van der Waals surface area contributed by atoms with Crippen LogP contribution < -0.4 is 9.47 Å². The fourth-order valence-corrected chi connectivity index (χ4v) is 3.03. The summed E-state index contributed by atoms with van der Waals surface area (Å²) in [5.41, 5.74) is 0.888. The van der Waals surface area contributed by atoms with Gasteiger partial charge in [0.1, 0.15) is 17.7 Å². The molecule has 1 aliphatic heterocycles. The quantitative estimate of drug-likeness (QED) is 0.803. The third kappa shape index (κ3) is 5.08. The second-order valence-electron chi connectivity index (χ2n) is 6.34. The number of amides is 1. The first-order chi connectivity index (χ1) is 12.5. The van der Waals surface area contributed by atoms with Gasteiger partial charge in [-0.2, -0.15) is 4.98 Å². The van der Waals surface area contributed by atoms with Gasteiger partial charge in [0, 0.05) is 42.7 Å². The van der Waals surface area contributed by atoms with Crippen molar-refractivity contribution in [2.75, 3.05) is 19.7 Å². The Balaban J connectivity index is 1.45. The van der Waals surface area contributed by atoms with E-state index in [1.165, 1.54) is 0 Å². The molecule has 3 rings (SSSR count). The molecule has 7 heteroatoms. The van der Waals surface area contributed by atoms with Gasteiger partial charge in [-0.1, -0.05) is 11.6 Å². The summed E-state index contributed by atoms with van der Waals surface area (Å²) in [6, 6.07) is 8.81. The standard InChI is InChI=1S/C19H22ClN3O3/c1-13-11-18(22-14(2)21-13)26-17-7-9-23(10-8-17)19(24)12-25-16-5-3-15(20)4-6-16/h3-6,11,17H,7-10,12H2,1-2H3. The number of piperidine rings is 1. The van der Waals surface area contributed by atoms with Gasteiger partial charge < -0.3 is 14.4 Å². The first-order valence-corrected chi connectivity index (χ1v) is 9.02. The minimum absolute atomic E-state index is 0.0212. The zero-order valence-electron chi connectivity index (χ0n) is 14.9. The van der Waals surface area contributed by atoms with Gasteiger partial charge >= 0.3 is 0 Å². The van der Waals surface area contributed by atoms with Crippen LogP contribution in [-0.4, -0.2) is 46.6 Å². The number of nitrogens with zero attached hydrogens (tertiary/aromatic N) is 3. The number of carbonyl (C=O) groups excluding carboxylic acids is 1. The molecule has 0 atom stereocenters. The molecule has 0 aliphatic carbocycles. The van der Waals surface area contributed by atoms with Gasteiger partial charge in [0.05, 0.1) is 0 Å². The van der Waals surface area contributed by atoms with Crippen LogP contribution >= 0.6 is 11.6 Å². The van der Waals surface area contributed by atoms with Crippen molar-refractivity contribution in [3.8, 4) is 11.6 Å². The molecule has 0 bridgehead atoms. The summed E-state index contributed by atoms with van der Waals surface area (Å²) in [4.78, 5) is 22.7. The van der Waals surface area contributed by atoms with E-state index in [-0.39, 0.29) is 18.6 Å². The first kappa shape index (κ1) is 18.5. The van der Waals surface area contributed by atoms with E-state index in [0.717, 1.165) is 18.5 Å². The SMILES string of the molecule is Cc1cc(OC2CCN(C(=O)COc3ccc(Cl)cc3)CC2)nc(C)n1. The van der Waals surface area contributed by atoms with Crippen LogP contribution in [0.15, 0.2) is 30.3 Å². The number of ether oxygens (including phenoxy) is 2. The van der Waals surface area contributed by atoms with Gasteiger partial charge in [0.2, 0.25) is 5.88 Å². The van der Waals surface area contributed by atoms with E-state index in [0.29, 0.717) is 35.6 Å². The smallest absolute Gasteiger partial charge is 0.260 e. The molecule has 6 nitrogen and oxygen atoms in total. The Morgan fingerprint density at radius 1 is 1.19 bits per heavy atom. The summed E-state index contributed by atoms with van der Waals surface area (Å²) < 4.78 is 11.5. The van der Waals surface area contributed by atoms with Crippen molar-refractivity contribution in [2.45, 2.75) is 32.8 Å². The van der Waals surface area contributed by atoms with Gasteiger partial charge in [-0.25, -0.2) is 4.98 Å². The predicted molar refractivity (Wildman–Crippen MR) is 98.7 cm³/mol. The fraction of sp³-hybridized carbons (Fsp3) is 0.421. The maximum absolute atomic E-state index is 12.3. The fourth-order valence-electron chi connectivity index (χ4n) is 2.90. The predicted octanol–water partition coefficient (Wildman–Crippen LogP) is 3.20. The highest BCUT2D eigenvalue weighted by atomic mass is 35.5. The Labute approximate surface area is 158 Å². The van der Waals surface area contributed by atoms with Gasteiger partial charge in [0.15, 0.2) is 6.61 Å². The highest BCUT2D eigenvalue weighted by Crippen LogP contribution is 2.19. The molecule has 2 heterocycles. The molecule has 2 aromatic rings. The summed E-state index contributed by atoms with van der Waals surface area (Å²) in [5.74, 6) is 1.92. The maximum Gasteiger partial charge on any atom is 0.260 e. The van der Waals surface area contributed by atoms with E-state index in [2.05, 4.69) is 9.97 Å². The van der Waals surface area contributed by atoms with Crippen LogP contribution in [0.25, 0.3) is 0 Å². The lowest BCUT2D eigenvalue weighted by atomic mass is 10.1. The molecule has 1 saturated heterocycles. The van der Waals surface area contributed by atoms with Gasteiger partial charge in [-0.15, -0.1) is 0 Å². The average Bonchev–Trinajstić information content (AvgIpc) is 2.61. The minimum atomic E-state index is -0.0212. The Bertz CT molecular complexity index is 739. The van der Waals surface area contributed by atoms with E-state index >= 15 is 0 Å². The van der Waals surface area contributed by atoms with Crippen molar-refractivity contribution >= 4 is 17.5 Å². The molecule has 1 fully saturated rings. The van der Waals surface area contributed by atoms with Crippen LogP contribution in [0, 0.1) is 13.8 Å². The summed E-state index contributed by atoms with van der Waals surface area (Å²) in [5, 5.41) is 0.639. The van der Waals surface area contributed by atoms with Crippen molar-refractivity contribution < 1.29 is 14.3 Å². The van der Waals surface area contributed by atoms with Crippen LogP contribution in [0.3, 0.4) is 0 Å². The Morgan fingerprint density at radius 2 is 1.88 bits per heavy atom. The van der Waals surface area contributed by atoms with Gasteiger partial charge in [0.25, 0.3) is 5.91 Å². The zero-order valence-corrected chi connectivity index (χ0v) is 15.7. The van der Waals surface area contributed by atoms with Crippen LogP contribution in [0.5, 0.6) is 11.6 Å². The number of rotatable bonds is 5. The third-order valence-corrected chi connectivity index (χ3v) is 4.45. The number of carbonyl (C=O) groups is 1. The number of benzene rings is 1. The molecule has 1 aliphatic rings. The first-order valence-electron chi connectivity index (χ1n) is 8.64. The molecule has 0 saturated carbocycles. The van der Waals surface area contributed by atoms with E-state index < -0.39 is 0 Å². The molecule has 0 radical (unpaired) electrons. The highest BCUT2D eigenvalue weighted by molar-refractivity contribution is 6.30. The summed E-state index contributed by atoms with van der Waals surface area (Å²) >= 11 is 5.83. The molecule has 138 valence electrons. The lowest BCUT2D eigenvalue weighted by molar-refractivity contribution is -0.135.